The van der Waals surface area contributed by atoms with Crippen molar-refractivity contribution in [2.45, 2.75) is 6.92 Å². The second-order valence-electron chi connectivity index (χ2n) is 11.5. The average Bonchev–Trinajstić information content (AvgIpc) is 3.39. The van der Waals surface area contributed by atoms with Gasteiger partial charge in [-0.3, -0.25) is 4.98 Å². The third-order valence-corrected chi connectivity index (χ3v) is 9.05. The molecule has 0 radical (unpaired) electrons. The van der Waals surface area contributed by atoms with Gasteiger partial charge >= 0.3 is 0 Å². The topological polar surface area (TPSA) is 12.9 Å². The SMILES string of the molecule is Cc1cc(-c2ccc3c4c(cccc24)-c2c-3c(-c3ccccc3)c3ccccc3c2-c2ccccc2)c2ccccc2n1. The van der Waals surface area contributed by atoms with E-state index in [1.807, 2.05) is 0 Å². The molecule has 7 aromatic carbocycles. The van der Waals surface area contributed by atoms with Crippen molar-refractivity contribution in [1.29, 1.82) is 0 Å². The van der Waals surface area contributed by atoms with Crippen molar-refractivity contribution in [2.75, 3.05) is 0 Å². The first-order valence-corrected chi connectivity index (χ1v) is 14.9. The predicted molar refractivity (Wildman–Crippen MR) is 182 cm³/mol. The van der Waals surface area contributed by atoms with E-state index in [1.54, 1.807) is 0 Å². The monoisotopic (exact) mass is 545 g/mol. The molecule has 0 unspecified atom stereocenters. The number of nitrogens with zero attached hydrogens (tertiary/aromatic N) is 1. The average molecular weight is 546 g/mol. The lowest BCUT2D eigenvalue weighted by Gasteiger charge is -2.20. The molecule has 0 saturated heterocycles. The number of para-hydroxylation sites is 1. The molecule has 0 fully saturated rings. The molecule has 1 heterocycles. The van der Waals surface area contributed by atoms with Crippen LogP contribution in [0, 0.1) is 6.92 Å². The molecule has 0 aliphatic heterocycles. The van der Waals surface area contributed by atoms with Crippen LogP contribution in [0.5, 0.6) is 0 Å². The maximum atomic E-state index is 4.84. The Morgan fingerprint density at radius 2 is 0.884 bits per heavy atom. The van der Waals surface area contributed by atoms with Crippen molar-refractivity contribution in [2.24, 2.45) is 0 Å². The van der Waals surface area contributed by atoms with E-state index in [0.717, 1.165) is 11.2 Å². The van der Waals surface area contributed by atoms with Crippen molar-refractivity contribution in [1.82, 2.24) is 4.98 Å². The standard InChI is InChI=1S/C42H27N/c1-26-25-36(30-17-10-11-22-37(30)43-26)29-23-24-35-40-31(29)20-12-21-34(40)41-38(27-13-4-2-5-14-27)32-18-8-9-19-33(32)39(42(35)41)28-15-6-3-7-16-28/h2-25H,1H3. The Labute approximate surface area is 250 Å². The summed E-state index contributed by atoms with van der Waals surface area (Å²) >= 11 is 0. The van der Waals surface area contributed by atoms with Gasteiger partial charge in [0.1, 0.15) is 0 Å². The Morgan fingerprint density at radius 3 is 1.53 bits per heavy atom. The molecular weight excluding hydrogens is 518 g/mol. The van der Waals surface area contributed by atoms with Crippen molar-refractivity contribution in [3.8, 4) is 55.6 Å². The summed E-state index contributed by atoms with van der Waals surface area (Å²) in [6, 6.07) is 53.1. The third-order valence-electron chi connectivity index (χ3n) is 9.05. The lowest BCUT2D eigenvalue weighted by molar-refractivity contribution is 1.26. The zero-order valence-corrected chi connectivity index (χ0v) is 23.8. The van der Waals surface area contributed by atoms with E-state index >= 15 is 0 Å². The number of hydrogen-bond acceptors (Lipinski definition) is 1. The van der Waals surface area contributed by atoms with E-state index in [4.69, 9.17) is 4.98 Å². The Kier molecular flexibility index (Phi) is 5.18. The summed E-state index contributed by atoms with van der Waals surface area (Å²) < 4.78 is 0. The highest BCUT2D eigenvalue weighted by molar-refractivity contribution is 6.29. The second kappa shape index (κ2) is 9.24. The normalized spacial score (nSPS) is 11.8. The molecule has 0 spiro atoms. The van der Waals surface area contributed by atoms with Crippen LogP contribution in [0.15, 0.2) is 146 Å². The van der Waals surface area contributed by atoms with Gasteiger partial charge in [-0.2, -0.15) is 0 Å². The molecule has 0 N–H and O–H groups in total. The smallest absolute Gasteiger partial charge is 0.0711 e. The molecule has 0 amide bonds. The third kappa shape index (κ3) is 3.49. The maximum Gasteiger partial charge on any atom is 0.0711 e. The zero-order chi connectivity index (χ0) is 28.5. The fourth-order valence-corrected chi connectivity index (χ4v) is 7.38. The molecule has 0 saturated carbocycles. The molecule has 1 nitrogen and oxygen atoms in total. The molecule has 8 aromatic rings. The van der Waals surface area contributed by atoms with Gasteiger partial charge in [-0.1, -0.05) is 133 Å². The summed E-state index contributed by atoms with van der Waals surface area (Å²) in [5.74, 6) is 0. The minimum atomic E-state index is 1.03. The van der Waals surface area contributed by atoms with Gasteiger partial charge in [-0.15, -0.1) is 0 Å². The molecular formula is C42H27N. The fraction of sp³-hybridized carbons (Fsp3) is 0.0238. The van der Waals surface area contributed by atoms with Crippen LogP contribution < -0.4 is 0 Å². The molecule has 43 heavy (non-hydrogen) atoms. The number of benzene rings is 7. The number of fused-ring (bicyclic) bond motifs is 5. The van der Waals surface area contributed by atoms with Crippen LogP contribution in [0.1, 0.15) is 5.69 Å². The number of pyridine rings is 1. The summed E-state index contributed by atoms with van der Waals surface area (Å²) in [6.45, 7) is 2.09. The van der Waals surface area contributed by atoms with E-state index < -0.39 is 0 Å². The number of aromatic nitrogens is 1. The molecule has 0 atom stereocenters. The number of aryl methyl sites for hydroxylation is 1. The Morgan fingerprint density at radius 1 is 0.372 bits per heavy atom. The second-order valence-corrected chi connectivity index (χ2v) is 11.5. The first-order valence-electron chi connectivity index (χ1n) is 14.9. The van der Waals surface area contributed by atoms with Gasteiger partial charge in [0.2, 0.25) is 0 Å². The molecule has 9 rings (SSSR count). The quantitative estimate of drug-likeness (QED) is 0.215. The largest absolute Gasteiger partial charge is 0.253 e. The van der Waals surface area contributed by atoms with Gasteiger partial charge in [0, 0.05) is 11.1 Å². The molecule has 200 valence electrons. The van der Waals surface area contributed by atoms with Crippen molar-refractivity contribution >= 4 is 32.4 Å². The van der Waals surface area contributed by atoms with Crippen molar-refractivity contribution in [3.63, 3.8) is 0 Å². The first kappa shape index (κ1) is 24.1. The van der Waals surface area contributed by atoms with E-state index in [-0.39, 0.29) is 0 Å². The molecule has 1 aliphatic carbocycles. The van der Waals surface area contributed by atoms with Crippen LogP contribution in [-0.4, -0.2) is 4.98 Å². The van der Waals surface area contributed by atoms with Crippen LogP contribution in [0.4, 0.5) is 0 Å². The van der Waals surface area contributed by atoms with Gasteiger partial charge in [0.05, 0.1) is 5.52 Å². The van der Waals surface area contributed by atoms with E-state index in [9.17, 15) is 0 Å². The highest BCUT2D eigenvalue weighted by atomic mass is 14.7. The molecule has 0 bridgehead atoms. The number of rotatable bonds is 3. The summed E-state index contributed by atoms with van der Waals surface area (Å²) in [4.78, 5) is 4.84. The number of hydrogen-bond donors (Lipinski definition) is 0. The maximum absolute atomic E-state index is 4.84. The summed E-state index contributed by atoms with van der Waals surface area (Å²) in [5.41, 5.74) is 14.9. The van der Waals surface area contributed by atoms with Crippen molar-refractivity contribution < 1.29 is 0 Å². The van der Waals surface area contributed by atoms with Gasteiger partial charge < -0.3 is 0 Å². The van der Waals surface area contributed by atoms with Crippen LogP contribution in [0.2, 0.25) is 0 Å². The van der Waals surface area contributed by atoms with Gasteiger partial charge in [-0.25, -0.2) is 0 Å². The Hall–Kier alpha value is -5.53. The van der Waals surface area contributed by atoms with E-state index in [2.05, 4.69) is 153 Å². The molecule has 1 aliphatic rings. The van der Waals surface area contributed by atoms with Crippen LogP contribution in [0.3, 0.4) is 0 Å². The highest BCUT2D eigenvalue weighted by Crippen LogP contribution is 2.58. The van der Waals surface area contributed by atoms with Gasteiger partial charge in [0.25, 0.3) is 0 Å². The van der Waals surface area contributed by atoms with Crippen LogP contribution >= 0.6 is 0 Å². The highest BCUT2D eigenvalue weighted by Gasteiger charge is 2.31. The summed E-state index contributed by atoms with van der Waals surface area (Å²) in [7, 11) is 0. The minimum absolute atomic E-state index is 1.03. The minimum Gasteiger partial charge on any atom is -0.253 e. The lowest BCUT2D eigenvalue weighted by atomic mass is 9.82. The van der Waals surface area contributed by atoms with E-state index in [0.29, 0.717) is 0 Å². The lowest BCUT2D eigenvalue weighted by Crippen LogP contribution is -1.93. The molecule has 1 heteroatoms. The summed E-state index contributed by atoms with van der Waals surface area (Å²) in [5, 5.41) is 6.37. The van der Waals surface area contributed by atoms with Crippen molar-refractivity contribution in [3.05, 3.63) is 151 Å². The molecule has 1 aromatic heterocycles. The summed E-state index contributed by atoms with van der Waals surface area (Å²) in [6.07, 6.45) is 0. The van der Waals surface area contributed by atoms with Gasteiger partial charge in [-0.05, 0) is 96.2 Å². The fourth-order valence-electron chi connectivity index (χ4n) is 7.38. The zero-order valence-electron chi connectivity index (χ0n) is 23.8. The van der Waals surface area contributed by atoms with Gasteiger partial charge in [0.15, 0.2) is 0 Å². The van der Waals surface area contributed by atoms with Crippen LogP contribution in [0.25, 0.3) is 88.1 Å². The predicted octanol–water partition coefficient (Wildman–Crippen LogP) is 11.5. The first-order chi connectivity index (χ1) is 21.3. The van der Waals surface area contributed by atoms with E-state index in [1.165, 1.54) is 82.6 Å². The Bertz CT molecular complexity index is 2290. The van der Waals surface area contributed by atoms with Crippen LogP contribution in [-0.2, 0) is 0 Å². The Balaban J connectivity index is 1.46.